The summed E-state index contributed by atoms with van der Waals surface area (Å²) < 4.78 is 22.2. The number of ketones is 1. The monoisotopic (exact) mass is 430 g/mol. The van der Waals surface area contributed by atoms with E-state index in [-0.39, 0.29) is 18.1 Å². The summed E-state index contributed by atoms with van der Waals surface area (Å²) in [5.74, 6) is 0.937. The van der Waals surface area contributed by atoms with E-state index >= 15 is 0 Å². The second-order valence-electron chi connectivity index (χ2n) is 7.03. The molecule has 0 radical (unpaired) electrons. The van der Waals surface area contributed by atoms with Crippen LogP contribution in [0.5, 0.6) is 17.2 Å². The van der Waals surface area contributed by atoms with Crippen LogP contribution in [0.25, 0.3) is 6.08 Å². The molecule has 1 heterocycles. The molecule has 0 saturated heterocycles. The SMILES string of the molecule is CCOC(=O)[C@@H](Oc1ccc2c(c1)O/C(=C\c1cccc(OC)c1)C2=O)c1ccccc1. The highest BCUT2D eigenvalue weighted by molar-refractivity contribution is 6.14. The number of esters is 1. The predicted octanol–water partition coefficient (Wildman–Crippen LogP) is 4.99. The average Bonchev–Trinajstić information content (AvgIpc) is 3.12. The Labute approximate surface area is 186 Å². The van der Waals surface area contributed by atoms with Gasteiger partial charge in [-0.2, -0.15) is 0 Å². The molecule has 0 fully saturated rings. The van der Waals surface area contributed by atoms with Crippen molar-refractivity contribution in [2.45, 2.75) is 13.0 Å². The fourth-order valence-electron chi connectivity index (χ4n) is 3.36. The first-order valence-electron chi connectivity index (χ1n) is 10.2. The molecule has 32 heavy (non-hydrogen) atoms. The van der Waals surface area contributed by atoms with Crippen molar-refractivity contribution in [1.82, 2.24) is 0 Å². The van der Waals surface area contributed by atoms with E-state index in [1.807, 2.05) is 42.5 Å². The van der Waals surface area contributed by atoms with Crippen molar-refractivity contribution in [2.75, 3.05) is 13.7 Å². The summed E-state index contributed by atoms with van der Waals surface area (Å²) in [6.45, 7) is 1.98. The molecule has 3 aromatic rings. The Bertz CT molecular complexity index is 1170. The molecular formula is C26H22O6. The highest BCUT2D eigenvalue weighted by atomic mass is 16.6. The number of allylic oxidation sites excluding steroid dienone is 1. The minimum absolute atomic E-state index is 0.204. The second kappa shape index (κ2) is 9.39. The normalized spacial score (nSPS) is 14.4. The van der Waals surface area contributed by atoms with Crippen molar-refractivity contribution in [1.29, 1.82) is 0 Å². The van der Waals surface area contributed by atoms with Gasteiger partial charge in [0.25, 0.3) is 0 Å². The van der Waals surface area contributed by atoms with Crippen molar-refractivity contribution in [3.63, 3.8) is 0 Å². The molecule has 6 heteroatoms. The molecule has 0 spiro atoms. The Morgan fingerprint density at radius 1 is 1.00 bits per heavy atom. The average molecular weight is 430 g/mol. The van der Waals surface area contributed by atoms with E-state index in [9.17, 15) is 9.59 Å². The van der Waals surface area contributed by atoms with Gasteiger partial charge in [-0.1, -0.05) is 42.5 Å². The Morgan fingerprint density at radius 2 is 1.81 bits per heavy atom. The maximum atomic E-state index is 12.8. The first kappa shape index (κ1) is 21.2. The molecule has 162 valence electrons. The van der Waals surface area contributed by atoms with E-state index in [0.29, 0.717) is 28.4 Å². The highest BCUT2D eigenvalue weighted by Crippen LogP contribution is 2.36. The van der Waals surface area contributed by atoms with Gasteiger partial charge in [0.15, 0.2) is 5.76 Å². The minimum Gasteiger partial charge on any atom is -0.497 e. The number of benzene rings is 3. The Morgan fingerprint density at radius 3 is 2.56 bits per heavy atom. The fourth-order valence-corrected chi connectivity index (χ4v) is 3.36. The zero-order valence-corrected chi connectivity index (χ0v) is 17.7. The zero-order chi connectivity index (χ0) is 22.5. The lowest BCUT2D eigenvalue weighted by Gasteiger charge is -2.18. The summed E-state index contributed by atoms with van der Waals surface area (Å²) in [6, 6.07) is 21.3. The lowest BCUT2D eigenvalue weighted by atomic mass is 10.1. The number of fused-ring (bicyclic) bond motifs is 1. The van der Waals surface area contributed by atoms with Gasteiger partial charge in [0.1, 0.15) is 17.2 Å². The van der Waals surface area contributed by atoms with E-state index in [0.717, 1.165) is 5.56 Å². The highest BCUT2D eigenvalue weighted by Gasteiger charge is 2.29. The standard InChI is InChI=1S/C26H22O6/c1-3-30-26(28)25(18-9-5-4-6-10-18)31-20-12-13-21-22(16-20)32-23(24(21)27)15-17-8-7-11-19(14-17)29-2/h4-16,25H,3H2,1-2H3/b23-15-/t25-/m0/s1. The molecular weight excluding hydrogens is 408 g/mol. The molecule has 1 aliphatic rings. The van der Waals surface area contributed by atoms with Crippen molar-refractivity contribution < 1.29 is 28.5 Å². The number of hydrogen-bond acceptors (Lipinski definition) is 6. The molecule has 1 atom stereocenters. The third kappa shape index (κ3) is 4.49. The van der Waals surface area contributed by atoms with Gasteiger partial charge in [-0.15, -0.1) is 0 Å². The van der Waals surface area contributed by atoms with Gasteiger partial charge >= 0.3 is 5.97 Å². The number of carbonyl (C=O) groups excluding carboxylic acids is 2. The van der Waals surface area contributed by atoms with Crippen LogP contribution in [-0.4, -0.2) is 25.5 Å². The molecule has 4 rings (SSSR count). The lowest BCUT2D eigenvalue weighted by Crippen LogP contribution is -2.21. The van der Waals surface area contributed by atoms with Gasteiger partial charge in [0, 0.05) is 11.6 Å². The van der Waals surface area contributed by atoms with Crippen LogP contribution in [0.2, 0.25) is 0 Å². The molecule has 0 N–H and O–H groups in total. The van der Waals surface area contributed by atoms with Crippen LogP contribution in [0.3, 0.4) is 0 Å². The summed E-state index contributed by atoms with van der Waals surface area (Å²) in [4.78, 5) is 25.3. The summed E-state index contributed by atoms with van der Waals surface area (Å²) >= 11 is 0. The molecule has 0 aromatic heterocycles. The first-order valence-corrected chi connectivity index (χ1v) is 10.2. The van der Waals surface area contributed by atoms with Crippen LogP contribution in [0.1, 0.15) is 34.5 Å². The van der Waals surface area contributed by atoms with E-state index in [2.05, 4.69) is 0 Å². The smallest absolute Gasteiger partial charge is 0.352 e. The molecule has 0 unspecified atom stereocenters. The first-order chi connectivity index (χ1) is 15.6. The van der Waals surface area contributed by atoms with Gasteiger partial charge < -0.3 is 18.9 Å². The Balaban J connectivity index is 1.58. The number of methoxy groups -OCH3 is 1. The van der Waals surface area contributed by atoms with Crippen LogP contribution >= 0.6 is 0 Å². The Hall–Kier alpha value is -4.06. The largest absolute Gasteiger partial charge is 0.497 e. The fraction of sp³-hybridized carbons (Fsp3) is 0.154. The van der Waals surface area contributed by atoms with Crippen molar-refractivity contribution in [3.8, 4) is 17.2 Å². The maximum absolute atomic E-state index is 12.8. The number of rotatable bonds is 7. The quantitative estimate of drug-likeness (QED) is 0.388. The number of hydrogen-bond donors (Lipinski definition) is 0. The third-order valence-electron chi connectivity index (χ3n) is 4.89. The third-order valence-corrected chi connectivity index (χ3v) is 4.89. The molecule has 1 aliphatic heterocycles. The van der Waals surface area contributed by atoms with Gasteiger partial charge in [-0.25, -0.2) is 4.79 Å². The molecule has 0 amide bonds. The summed E-state index contributed by atoms with van der Waals surface area (Å²) in [5.41, 5.74) is 1.88. The lowest BCUT2D eigenvalue weighted by molar-refractivity contribution is -0.151. The van der Waals surface area contributed by atoms with Crippen LogP contribution in [-0.2, 0) is 9.53 Å². The number of ether oxygens (including phenoxy) is 4. The molecule has 0 bridgehead atoms. The van der Waals surface area contributed by atoms with Crippen LogP contribution in [0, 0.1) is 0 Å². The van der Waals surface area contributed by atoms with Gasteiger partial charge in [0.2, 0.25) is 11.9 Å². The number of Topliss-reactive ketones (excluding diaryl/α,β-unsaturated/α-hetero) is 1. The van der Waals surface area contributed by atoms with Crippen LogP contribution < -0.4 is 14.2 Å². The molecule has 3 aromatic carbocycles. The van der Waals surface area contributed by atoms with Gasteiger partial charge in [0.05, 0.1) is 19.3 Å². The molecule has 6 nitrogen and oxygen atoms in total. The molecule has 0 saturated carbocycles. The van der Waals surface area contributed by atoms with Crippen molar-refractivity contribution in [3.05, 3.63) is 95.2 Å². The topological polar surface area (TPSA) is 71.1 Å². The zero-order valence-electron chi connectivity index (χ0n) is 17.7. The summed E-state index contributed by atoms with van der Waals surface area (Å²) in [7, 11) is 1.58. The second-order valence-corrected chi connectivity index (χ2v) is 7.03. The van der Waals surface area contributed by atoms with Crippen molar-refractivity contribution in [2.24, 2.45) is 0 Å². The van der Waals surface area contributed by atoms with Gasteiger partial charge in [-0.05, 0) is 42.8 Å². The summed E-state index contributed by atoms with van der Waals surface area (Å²) in [6.07, 6.45) is 0.731. The van der Waals surface area contributed by atoms with E-state index in [1.165, 1.54) is 0 Å². The van der Waals surface area contributed by atoms with Gasteiger partial charge in [-0.3, -0.25) is 4.79 Å². The molecule has 0 aliphatic carbocycles. The van der Waals surface area contributed by atoms with Crippen molar-refractivity contribution >= 4 is 17.8 Å². The van der Waals surface area contributed by atoms with E-state index < -0.39 is 12.1 Å². The van der Waals surface area contributed by atoms with E-state index in [4.69, 9.17) is 18.9 Å². The number of carbonyl (C=O) groups is 2. The van der Waals surface area contributed by atoms with Crippen LogP contribution in [0.15, 0.2) is 78.6 Å². The van der Waals surface area contributed by atoms with Crippen LogP contribution in [0.4, 0.5) is 0 Å². The van der Waals surface area contributed by atoms with E-state index in [1.54, 1.807) is 50.4 Å². The minimum atomic E-state index is -0.932. The Kier molecular flexibility index (Phi) is 6.22. The maximum Gasteiger partial charge on any atom is 0.352 e. The predicted molar refractivity (Wildman–Crippen MR) is 119 cm³/mol. The summed E-state index contributed by atoms with van der Waals surface area (Å²) in [5, 5.41) is 0.